The highest BCUT2D eigenvalue weighted by Crippen LogP contribution is 2.16. The van der Waals surface area contributed by atoms with E-state index in [9.17, 15) is 18.5 Å². The number of non-ortho nitro benzene ring substituents is 1. The van der Waals surface area contributed by atoms with Gasteiger partial charge >= 0.3 is 0 Å². The van der Waals surface area contributed by atoms with E-state index in [0.29, 0.717) is 13.0 Å². The molecule has 112 valence electrons. The van der Waals surface area contributed by atoms with E-state index >= 15 is 0 Å². The van der Waals surface area contributed by atoms with Crippen molar-refractivity contribution in [2.24, 2.45) is 0 Å². The number of ether oxygens (including phenoxy) is 1. The van der Waals surface area contributed by atoms with Crippen LogP contribution in [0.4, 0.5) is 5.69 Å². The molecule has 1 rings (SSSR count). The van der Waals surface area contributed by atoms with Crippen molar-refractivity contribution in [2.45, 2.75) is 11.3 Å². The second-order valence-electron chi connectivity index (χ2n) is 3.84. The third kappa shape index (κ3) is 5.21. The molecule has 0 fully saturated rings. The fourth-order valence-corrected chi connectivity index (χ4v) is 2.51. The van der Waals surface area contributed by atoms with Gasteiger partial charge in [0.15, 0.2) is 0 Å². The summed E-state index contributed by atoms with van der Waals surface area (Å²) in [5, 5.41) is 19.1. The van der Waals surface area contributed by atoms with Crippen molar-refractivity contribution in [3.8, 4) is 0 Å². The molecule has 0 atom stereocenters. The second kappa shape index (κ2) is 7.90. The number of aliphatic hydroxyl groups excluding tert-OH is 1. The van der Waals surface area contributed by atoms with Crippen molar-refractivity contribution in [1.29, 1.82) is 0 Å². The summed E-state index contributed by atoms with van der Waals surface area (Å²) in [6, 6.07) is 4.83. The lowest BCUT2D eigenvalue weighted by Gasteiger charge is -2.06. The SMILES string of the molecule is O=[N+]([O-])c1cccc(S(=O)(=O)NCCCOCCO)c1. The van der Waals surface area contributed by atoms with E-state index < -0.39 is 14.9 Å². The molecule has 0 aliphatic carbocycles. The zero-order valence-electron chi connectivity index (χ0n) is 10.7. The highest BCUT2D eigenvalue weighted by molar-refractivity contribution is 7.89. The molecule has 8 nitrogen and oxygen atoms in total. The van der Waals surface area contributed by atoms with Gasteiger partial charge in [-0.3, -0.25) is 10.1 Å². The summed E-state index contributed by atoms with van der Waals surface area (Å²) in [4.78, 5) is 9.79. The minimum atomic E-state index is -3.77. The van der Waals surface area contributed by atoms with E-state index in [0.717, 1.165) is 6.07 Å². The number of nitrogens with one attached hydrogen (secondary N) is 1. The predicted octanol–water partition coefficient (Wildman–Crippen LogP) is 0.272. The fourth-order valence-electron chi connectivity index (χ4n) is 1.39. The lowest BCUT2D eigenvalue weighted by Crippen LogP contribution is -2.25. The van der Waals surface area contributed by atoms with E-state index in [-0.39, 0.29) is 30.3 Å². The molecule has 0 amide bonds. The molecular formula is C11H16N2O6S. The van der Waals surface area contributed by atoms with Crippen LogP contribution in [-0.2, 0) is 14.8 Å². The van der Waals surface area contributed by atoms with Crippen LogP contribution < -0.4 is 4.72 Å². The van der Waals surface area contributed by atoms with Gasteiger partial charge in [0.05, 0.1) is 23.0 Å². The van der Waals surface area contributed by atoms with E-state index in [4.69, 9.17) is 9.84 Å². The summed E-state index contributed by atoms with van der Waals surface area (Å²) in [6.45, 7) is 0.589. The van der Waals surface area contributed by atoms with Gasteiger partial charge in [-0.1, -0.05) is 6.07 Å². The highest BCUT2D eigenvalue weighted by atomic mass is 32.2. The minimum absolute atomic E-state index is 0.0839. The van der Waals surface area contributed by atoms with Crippen molar-refractivity contribution in [3.63, 3.8) is 0 Å². The van der Waals surface area contributed by atoms with Crippen LogP contribution in [0.25, 0.3) is 0 Å². The standard InChI is InChI=1S/C11H16N2O6S/c14-6-8-19-7-2-5-12-20(17,18)11-4-1-3-10(9-11)13(15)16/h1,3-4,9,12,14H,2,5-8H2. The number of nitrogens with zero attached hydrogens (tertiary/aromatic N) is 1. The zero-order chi connectivity index (χ0) is 15.0. The molecule has 0 aliphatic heterocycles. The molecule has 0 bridgehead atoms. The van der Waals surface area contributed by atoms with Gasteiger partial charge in [-0.2, -0.15) is 0 Å². The molecule has 9 heteroatoms. The number of rotatable bonds is 9. The molecule has 1 aromatic carbocycles. The maximum Gasteiger partial charge on any atom is 0.270 e. The molecule has 0 radical (unpaired) electrons. The average molecular weight is 304 g/mol. The Morgan fingerprint density at radius 2 is 2.10 bits per heavy atom. The van der Waals surface area contributed by atoms with Crippen molar-refractivity contribution in [2.75, 3.05) is 26.4 Å². The number of benzene rings is 1. The van der Waals surface area contributed by atoms with Gasteiger partial charge in [0.1, 0.15) is 0 Å². The average Bonchev–Trinajstić information content (AvgIpc) is 2.43. The van der Waals surface area contributed by atoms with E-state index in [1.165, 1.54) is 18.2 Å². The van der Waals surface area contributed by atoms with Gasteiger partial charge in [0.2, 0.25) is 10.0 Å². The highest BCUT2D eigenvalue weighted by Gasteiger charge is 2.16. The number of nitro benzene ring substituents is 1. The van der Waals surface area contributed by atoms with Crippen molar-refractivity contribution in [3.05, 3.63) is 34.4 Å². The molecule has 0 heterocycles. The number of sulfonamides is 1. The van der Waals surface area contributed by atoms with Gasteiger partial charge in [-0.25, -0.2) is 13.1 Å². The van der Waals surface area contributed by atoms with Crippen LogP contribution in [0.15, 0.2) is 29.2 Å². The van der Waals surface area contributed by atoms with Crippen LogP contribution in [0.5, 0.6) is 0 Å². The number of hydrogen-bond donors (Lipinski definition) is 2. The number of hydrogen-bond acceptors (Lipinski definition) is 6. The van der Waals surface area contributed by atoms with Gasteiger partial charge in [-0.15, -0.1) is 0 Å². The third-order valence-corrected chi connectivity index (χ3v) is 3.79. The quantitative estimate of drug-likeness (QED) is 0.384. The van der Waals surface area contributed by atoms with E-state index in [1.807, 2.05) is 0 Å². The normalized spacial score (nSPS) is 11.4. The Morgan fingerprint density at radius 1 is 1.35 bits per heavy atom. The van der Waals surface area contributed by atoms with Gasteiger partial charge < -0.3 is 9.84 Å². The molecular weight excluding hydrogens is 288 g/mol. The van der Waals surface area contributed by atoms with Crippen molar-refractivity contribution < 1.29 is 23.2 Å². The van der Waals surface area contributed by atoms with Crippen LogP contribution in [0, 0.1) is 10.1 Å². The second-order valence-corrected chi connectivity index (χ2v) is 5.61. The molecule has 0 spiro atoms. The van der Waals surface area contributed by atoms with Crippen molar-refractivity contribution >= 4 is 15.7 Å². The molecule has 0 saturated carbocycles. The lowest BCUT2D eigenvalue weighted by molar-refractivity contribution is -0.385. The largest absolute Gasteiger partial charge is 0.394 e. The molecule has 0 unspecified atom stereocenters. The summed E-state index contributed by atoms with van der Waals surface area (Å²) in [5.41, 5.74) is -0.279. The number of nitro groups is 1. The Kier molecular flexibility index (Phi) is 6.52. The zero-order valence-corrected chi connectivity index (χ0v) is 11.5. The molecule has 0 saturated heterocycles. The monoisotopic (exact) mass is 304 g/mol. The Labute approximate surface area is 116 Å². The molecule has 20 heavy (non-hydrogen) atoms. The Hall–Kier alpha value is -1.55. The molecule has 0 aromatic heterocycles. The Bertz CT molecular complexity index is 546. The lowest BCUT2D eigenvalue weighted by atomic mass is 10.3. The molecule has 2 N–H and O–H groups in total. The first-order chi connectivity index (χ1) is 9.47. The first kappa shape index (κ1) is 16.5. The van der Waals surface area contributed by atoms with Crippen LogP contribution in [0.3, 0.4) is 0 Å². The minimum Gasteiger partial charge on any atom is -0.394 e. The topological polar surface area (TPSA) is 119 Å². The van der Waals surface area contributed by atoms with Gasteiger partial charge in [-0.05, 0) is 12.5 Å². The third-order valence-electron chi connectivity index (χ3n) is 2.33. The number of aliphatic hydroxyl groups is 1. The first-order valence-electron chi connectivity index (χ1n) is 5.90. The molecule has 0 aliphatic rings. The Morgan fingerprint density at radius 3 is 2.75 bits per heavy atom. The van der Waals surface area contributed by atoms with Gasteiger partial charge in [0, 0.05) is 25.3 Å². The Balaban J connectivity index is 2.56. The summed E-state index contributed by atoms with van der Waals surface area (Å²) >= 11 is 0. The van der Waals surface area contributed by atoms with Crippen LogP contribution >= 0.6 is 0 Å². The van der Waals surface area contributed by atoms with Crippen molar-refractivity contribution in [1.82, 2.24) is 4.72 Å². The summed E-state index contributed by atoms with van der Waals surface area (Å²) in [6.07, 6.45) is 0.439. The molecule has 1 aromatic rings. The van der Waals surface area contributed by atoms with E-state index in [1.54, 1.807) is 0 Å². The van der Waals surface area contributed by atoms with Gasteiger partial charge in [0.25, 0.3) is 5.69 Å². The van der Waals surface area contributed by atoms with E-state index in [2.05, 4.69) is 4.72 Å². The maximum absolute atomic E-state index is 11.9. The van der Waals surface area contributed by atoms with Crippen LogP contribution in [0.2, 0.25) is 0 Å². The maximum atomic E-state index is 11.9. The first-order valence-corrected chi connectivity index (χ1v) is 7.38. The van der Waals surface area contributed by atoms with Crippen LogP contribution in [0.1, 0.15) is 6.42 Å². The smallest absolute Gasteiger partial charge is 0.270 e. The van der Waals surface area contributed by atoms with Crippen LogP contribution in [-0.4, -0.2) is 44.8 Å². The fraction of sp³-hybridized carbons (Fsp3) is 0.455. The summed E-state index contributed by atoms with van der Waals surface area (Å²) in [7, 11) is -3.77. The summed E-state index contributed by atoms with van der Waals surface area (Å²) in [5.74, 6) is 0. The predicted molar refractivity (Wildman–Crippen MR) is 70.8 cm³/mol. The summed E-state index contributed by atoms with van der Waals surface area (Å²) < 4.78 is 31.1.